The summed E-state index contributed by atoms with van der Waals surface area (Å²) >= 11 is 5.25. The van der Waals surface area contributed by atoms with Gasteiger partial charge in [0.2, 0.25) is 0 Å². The number of carbonyl (C=O) groups excluding carboxylic acids is 1. The van der Waals surface area contributed by atoms with Crippen LogP contribution in [0.5, 0.6) is 0 Å². The Kier molecular flexibility index (Phi) is 4.68. The van der Waals surface area contributed by atoms with Crippen molar-refractivity contribution in [3.8, 4) is 0 Å². The molecular weight excluding hydrogens is 270 g/mol. The van der Waals surface area contributed by atoms with Crippen molar-refractivity contribution in [3.05, 3.63) is 60.2 Å². The molecule has 0 atom stereocenters. The average Bonchev–Trinajstić information content (AvgIpc) is 2.48. The largest absolute Gasteiger partial charge is 0.355 e. The van der Waals surface area contributed by atoms with Gasteiger partial charge < -0.3 is 16.0 Å². The molecule has 0 bridgehead atoms. The van der Waals surface area contributed by atoms with Gasteiger partial charge in [-0.15, -0.1) is 0 Å². The molecule has 0 aromatic heterocycles. The minimum atomic E-state index is -0.157. The lowest BCUT2D eigenvalue weighted by Gasteiger charge is -2.13. The molecule has 0 spiro atoms. The van der Waals surface area contributed by atoms with Gasteiger partial charge in [-0.05, 0) is 36.5 Å². The number of thiocarbonyl (C=S) groups is 1. The van der Waals surface area contributed by atoms with Gasteiger partial charge in [0.15, 0.2) is 5.11 Å². The monoisotopic (exact) mass is 285 g/mol. The third-order valence-corrected chi connectivity index (χ3v) is 2.88. The molecule has 102 valence electrons. The highest BCUT2D eigenvalue weighted by Crippen LogP contribution is 2.15. The Bertz CT molecular complexity index is 614. The Morgan fingerprint density at radius 2 is 1.60 bits per heavy atom. The van der Waals surface area contributed by atoms with E-state index < -0.39 is 0 Å². The lowest BCUT2D eigenvalue weighted by molar-refractivity contribution is 0.0964. The predicted octanol–water partition coefficient (Wildman–Crippen LogP) is 2.86. The van der Waals surface area contributed by atoms with Gasteiger partial charge in [-0.3, -0.25) is 4.79 Å². The number of rotatable bonds is 3. The van der Waals surface area contributed by atoms with E-state index in [1.807, 2.05) is 48.5 Å². The van der Waals surface area contributed by atoms with E-state index in [-0.39, 0.29) is 5.91 Å². The molecule has 4 nitrogen and oxygen atoms in total. The maximum atomic E-state index is 11.8. The summed E-state index contributed by atoms with van der Waals surface area (Å²) in [4.78, 5) is 11.8. The molecule has 2 aromatic rings. The average molecular weight is 285 g/mol. The zero-order valence-electron chi connectivity index (χ0n) is 11.0. The number of hydrogen-bond acceptors (Lipinski definition) is 2. The minimum absolute atomic E-state index is 0.157. The minimum Gasteiger partial charge on any atom is -0.355 e. The number of amides is 1. The fourth-order valence-electron chi connectivity index (χ4n) is 1.73. The molecule has 0 unspecified atom stereocenters. The third kappa shape index (κ3) is 3.55. The molecule has 0 saturated heterocycles. The molecule has 0 aliphatic carbocycles. The van der Waals surface area contributed by atoms with Gasteiger partial charge in [-0.25, -0.2) is 0 Å². The van der Waals surface area contributed by atoms with Gasteiger partial charge in [0, 0.05) is 12.7 Å². The van der Waals surface area contributed by atoms with Crippen LogP contribution >= 0.6 is 12.2 Å². The molecular formula is C15H15N3OS. The molecule has 3 N–H and O–H groups in total. The Hall–Kier alpha value is -2.40. The van der Waals surface area contributed by atoms with Crippen molar-refractivity contribution in [1.29, 1.82) is 0 Å². The predicted molar refractivity (Wildman–Crippen MR) is 86.1 cm³/mol. The van der Waals surface area contributed by atoms with Gasteiger partial charge in [0.1, 0.15) is 0 Å². The number of carbonyl (C=O) groups is 1. The number of nitrogens with one attached hydrogen (secondary N) is 3. The van der Waals surface area contributed by atoms with Crippen LogP contribution in [-0.4, -0.2) is 18.1 Å². The smallest absolute Gasteiger partial charge is 0.253 e. The van der Waals surface area contributed by atoms with Crippen molar-refractivity contribution < 1.29 is 4.79 Å². The molecule has 0 saturated carbocycles. The molecule has 5 heteroatoms. The van der Waals surface area contributed by atoms with Crippen molar-refractivity contribution in [2.45, 2.75) is 0 Å². The highest BCUT2D eigenvalue weighted by atomic mass is 32.1. The van der Waals surface area contributed by atoms with Gasteiger partial charge in [-0.2, -0.15) is 0 Å². The summed E-state index contributed by atoms with van der Waals surface area (Å²) < 4.78 is 0. The molecule has 2 aromatic carbocycles. The van der Waals surface area contributed by atoms with Crippen molar-refractivity contribution in [2.24, 2.45) is 0 Å². The number of benzene rings is 2. The van der Waals surface area contributed by atoms with E-state index in [2.05, 4.69) is 16.0 Å². The van der Waals surface area contributed by atoms with E-state index in [1.54, 1.807) is 13.1 Å². The summed E-state index contributed by atoms with van der Waals surface area (Å²) in [7, 11) is 1.60. The standard InChI is InChI=1S/C15H15N3OS/c1-16-14(19)12-9-5-6-10-13(12)18-15(20)17-11-7-3-2-4-8-11/h2-10H,1H3,(H,16,19)(H2,17,18,20). The number of para-hydroxylation sites is 2. The first kappa shape index (κ1) is 14.0. The highest BCUT2D eigenvalue weighted by Gasteiger charge is 2.09. The second kappa shape index (κ2) is 6.68. The highest BCUT2D eigenvalue weighted by molar-refractivity contribution is 7.80. The van der Waals surface area contributed by atoms with Gasteiger partial charge in [0.25, 0.3) is 5.91 Å². The Balaban J connectivity index is 2.10. The first-order valence-corrected chi connectivity index (χ1v) is 6.55. The fourth-order valence-corrected chi connectivity index (χ4v) is 1.96. The Labute approximate surface area is 123 Å². The van der Waals surface area contributed by atoms with Crippen molar-refractivity contribution in [3.63, 3.8) is 0 Å². The summed E-state index contributed by atoms with van der Waals surface area (Å²) in [6.07, 6.45) is 0. The van der Waals surface area contributed by atoms with Gasteiger partial charge in [-0.1, -0.05) is 30.3 Å². The van der Waals surface area contributed by atoms with Crippen LogP contribution in [-0.2, 0) is 0 Å². The number of hydrogen-bond donors (Lipinski definition) is 3. The molecule has 0 radical (unpaired) electrons. The van der Waals surface area contributed by atoms with Crippen molar-refractivity contribution >= 4 is 34.6 Å². The fraction of sp³-hybridized carbons (Fsp3) is 0.0667. The summed E-state index contributed by atoms with van der Waals surface area (Å²) in [6, 6.07) is 16.8. The van der Waals surface area contributed by atoms with E-state index in [9.17, 15) is 4.79 Å². The third-order valence-electron chi connectivity index (χ3n) is 2.68. The van der Waals surface area contributed by atoms with E-state index in [0.29, 0.717) is 16.4 Å². The second-order valence-electron chi connectivity index (χ2n) is 4.07. The summed E-state index contributed by atoms with van der Waals surface area (Å²) in [5.41, 5.74) is 2.11. The maximum absolute atomic E-state index is 11.8. The SMILES string of the molecule is CNC(=O)c1ccccc1NC(=S)Nc1ccccc1. The van der Waals surface area contributed by atoms with Crippen molar-refractivity contribution in [2.75, 3.05) is 17.7 Å². The first-order valence-electron chi connectivity index (χ1n) is 6.15. The lowest BCUT2D eigenvalue weighted by atomic mass is 10.1. The molecule has 20 heavy (non-hydrogen) atoms. The van der Waals surface area contributed by atoms with Crippen LogP contribution in [0.15, 0.2) is 54.6 Å². The van der Waals surface area contributed by atoms with Gasteiger partial charge in [0.05, 0.1) is 11.3 Å². The lowest BCUT2D eigenvalue weighted by Crippen LogP contribution is -2.23. The van der Waals surface area contributed by atoms with E-state index >= 15 is 0 Å². The first-order chi connectivity index (χ1) is 9.70. The molecule has 0 fully saturated rings. The van der Waals surface area contributed by atoms with Crippen LogP contribution in [0.3, 0.4) is 0 Å². The normalized spacial score (nSPS) is 9.65. The van der Waals surface area contributed by atoms with Crippen LogP contribution in [0, 0.1) is 0 Å². The Morgan fingerprint density at radius 1 is 0.950 bits per heavy atom. The van der Waals surface area contributed by atoms with Crippen LogP contribution in [0.25, 0.3) is 0 Å². The van der Waals surface area contributed by atoms with E-state index in [1.165, 1.54) is 0 Å². The zero-order valence-corrected chi connectivity index (χ0v) is 11.8. The van der Waals surface area contributed by atoms with Crippen LogP contribution in [0.2, 0.25) is 0 Å². The zero-order chi connectivity index (χ0) is 14.4. The van der Waals surface area contributed by atoms with E-state index in [4.69, 9.17) is 12.2 Å². The van der Waals surface area contributed by atoms with E-state index in [0.717, 1.165) is 5.69 Å². The van der Waals surface area contributed by atoms with Crippen LogP contribution in [0.4, 0.5) is 11.4 Å². The summed E-state index contributed by atoms with van der Waals surface area (Å²) in [5.74, 6) is -0.157. The second-order valence-corrected chi connectivity index (χ2v) is 4.48. The summed E-state index contributed by atoms with van der Waals surface area (Å²) in [5, 5.41) is 9.14. The molecule has 1 amide bonds. The molecule has 0 aliphatic rings. The van der Waals surface area contributed by atoms with Crippen LogP contribution in [0.1, 0.15) is 10.4 Å². The topological polar surface area (TPSA) is 53.2 Å². The van der Waals surface area contributed by atoms with Crippen LogP contribution < -0.4 is 16.0 Å². The molecule has 0 aliphatic heterocycles. The quantitative estimate of drug-likeness (QED) is 0.759. The summed E-state index contributed by atoms with van der Waals surface area (Å²) in [6.45, 7) is 0. The molecule has 0 heterocycles. The molecule has 2 rings (SSSR count). The van der Waals surface area contributed by atoms with Crippen molar-refractivity contribution in [1.82, 2.24) is 5.32 Å². The number of anilines is 2. The van der Waals surface area contributed by atoms with Gasteiger partial charge >= 0.3 is 0 Å². The maximum Gasteiger partial charge on any atom is 0.253 e. The Morgan fingerprint density at radius 3 is 2.30 bits per heavy atom.